The second kappa shape index (κ2) is 9.14. The van der Waals surface area contributed by atoms with Gasteiger partial charge in [0.25, 0.3) is 5.69 Å². The highest BCUT2D eigenvalue weighted by atomic mass is 32.2. The van der Waals surface area contributed by atoms with Crippen molar-refractivity contribution < 1.29 is 28.0 Å². The minimum Gasteiger partial charge on any atom is -0.481 e. The fourth-order valence-corrected chi connectivity index (χ4v) is 3.88. The van der Waals surface area contributed by atoms with Crippen molar-refractivity contribution in [2.24, 2.45) is 5.10 Å². The summed E-state index contributed by atoms with van der Waals surface area (Å²) in [4.78, 5) is 34.2. The fourth-order valence-electron chi connectivity index (χ4n) is 3.32. The number of anilines is 1. The number of non-ortho nitro benzene ring substituents is 1. The maximum Gasteiger partial charge on any atom is 0.303 e. The zero-order valence-electron chi connectivity index (χ0n) is 17.0. The molecule has 2 N–H and O–H groups in total. The maximum absolute atomic E-state index is 12.7. The molecule has 1 atom stereocenters. The average Bonchev–Trinajstić information content (AvgIpc) is 3.16. The van der Waals surface area contributed by atoms with E-state index in [1.807, 2.05) is 0 Å². The van der Waals surface area contributed by atoms with Gasteiger partial charge in [0.15, 0.2) is 0 Å². The van der Waals surface area contributed by atoms with Crippen LogP contribution in [-0.2, 0) is 19.6 Å². The summed E-state index contributed by atoms with van der Waals surface area (Å²) < 4.78 is 25.4. The number of nitrogens with one attached hydrogen (secondary N) is 1. The Bertz CT molecular complexity index is 1210. The molecule has 11 nitrogen and oxygen atoms in total. The highest BCUT2D eigenvalue weighted by Gasteiger charge is 2.34. The Morgan fingerprint density at radius 2 is 1.94 bits per heavy atom. The molecule has 0 aromatic heterocycles. The van der Waals surface area contributed by atoms with Crippen LogP contribution in [0.25, 0.3) is 0 Å². The second-order valence-corrected chi connectivity index (χ2v) is 8.95. The van der Waals surface area contributed by atoms with Gasteiger partial charge in [0.05, 0.1) is 29.4 Å². The third-order valence-corrected chi connectivity index (χ3v) is 5.29. The van der Waals surface area contributed by atoms with E-state index < -0.39 is 32.9 Å². The summed E-state index contributed by atoms with van der Waals surface area (Å²) in [6.45, 7) is 0. The second-order valence-electron chi connectivity index (χ2n) is 7.21. The van der Waals surface area contributed by atoms with E-state index in [9.17, 15) is 28.1 Å². The number of hydrogen-bond donors (Lipinski definition) is 2. The Morgan fingerprint density at radius 3 is 2.59 bits per heavy atom. The van der Waals surface area contributed by atoms with E-state index in [1.54, 1.807) is 30.3 Å². The molecule has 3 rings (SSSR count). The van der Waals surface area contributed by atoms with E-state index in [0.717, 1.165) is 11.3 Å². The summed E-state index contributed by atoms with van der Waals surface area (Å²) in [5.74, 6) is -1.67. The average molecular weight is 460 g/mol. The lowest BCUT2D eigenvalue weighted by Gasteiger charge is -2.21. The number of rotatable bonds is 8. The number of nitrogens with zero attached hydrogens (tertiary/aromatic N) is 3. The normalized spacial score (nSPS) is 15.8. The number of carbonyl (C=O) groups is 2. The van der Waals surface area contributed by atoms with Crippen molar-refractivity contribution in [1.29, 1.82) is 0 Å². The van der Waals surface area contributed by atoms with E-state index in [4.69, 9.17) is 5.11 Å². The van der Waals surface area contributed by atoms with Crippen LogP contribution in [-0.4, -0.2) is 47.3 Å². The van der Waals surface area contributed by atoms with Crippen LogP contribution in [0.15, 0.2) is 53.6 Å². The molecule has 0 saturated heterocycles. The first kappa shape index (κ1) is 22.9. The number of nitro benzene ring substituents is 1. The van der Waals surface area contributed by atoms with Crippen LogP contribution in [0, 0.1) is 10.1 Å². The monoisotopic (exact) mass is 460 g/mol. The fraction of sp³-hybridized carbons (Fsp3) is 0.250. The third kappa shape index (κ3) is 5.66. The Kier molecular flexibility index (Phi) is 6.53. The van der Waals surface area contributed by atoms with Crippen molar-refractivity contribution >= 4 is 39.0 Å². The van der Waals surface area contributed by atoms with Gasteiger partial charge in [-0.25, -0.2) is 13.4 Å². The minimum atomic E-state index is -3.50. The third-order valence-electron chi connectivity index (χ3n) is 4.68. The quantitative estimate of drug-likeness (QED) is 0.452. The topological polar surface area (TPSA) is 159 Å². The van der Waals surface area contributed by atoms with E-state index in [1.165, 1.54) is 18.2 Å². The molecule has 1 aliphatic heterocycles. The number of benzene rings is 2. The number of hydrogen-bond acceptors (Lipinski definition) is 7. The molecule has 0 saturated carbocycles. The summed E-state index contributed by atoms with van der Waals surface area (Å²) in [5.41, 5.74) is 1.67. The van der Waals surface area contributed by atoms with Crippen molar-refractivity contribution in [2.45, 2.75) is 25.3 Å². The predicted molar refractivity (Wildman–Crippen MR) is 116 cm³/mol. The van der Waals surface area contributed by atoms with Crippen LogP contribution in [0.3, 0.4) is 0 Å². The van der Waals surface area contributed by atoms with Gasteiger partial charge < -0.3 is 5.11 Å². The lowest BCUT2D eigenvalue weighted by molar-refractivity contribution is -0.385. The van der Waals surface area contributed by atoms with Crippen molar-refractivity contribution in [2.75, 3.05) is 11.0 Å². The zero-order valence-corrected chi connectivity index (χ0v) is 17.8. The zero-order chi connectivity index (χ0) is 23.5. The number of hydrazone groups is 1. The van der Waals surface area contributed by atoms with Crippen molar-refractivity contribution in [3.63, 3.8) is 0 Å². The molecule has 2 aromatic rings. The van der Waals surface area contributed by atoms with Crippen LogP contribution >= 0.6 is 0 Å². The Hall–Kier alpha value is -3.80. The molecule has 2 aromatic carbocycles. The van der Waals surface area contributed by atoms with Crippen molar-refractivity contribution in [3.8, 4) is 0 Å². The minimum absolute atomic E-state index is 0.145. The summed E-state index contributed by atoms with van der Waals surface area (Å²) in [6, 6.07) is 11.6. The lowest BCUT2D eigenvalue weighted by atomic mass is 9.97. The molecule has 1 heterocycles. The van der Waals surface area contributed by atoms with Gasteiger partial charge in [-0.3, -0.25) is 24.4 Å². The van der Waals surface area contributed by atoms with Crippen LogP contribution in [0.2, 0.25) is 0 Å². The number of sulfonamides is 1. The number of nitro groups is 1. The van der Waals surface area contributed by atoms with Gasteiger partial charge in [-0.2, -0.15) is 5.10 Å². The smallest absolute Gasteiger partial charge is 0.303 e. The van der Waals surface area contributed by atoms with Gasteiger partial charge in [-0.15, -0.1) is 0 Å². The summed E-state index contributed by atoms with van der Waals surface area (Å²) in [7, 11) is -3.50. The summed E-state index contributed by atoms with van der Waals surface area (Å²) in [5, 5.41) is 25.6. The molecular formula is C20H20N4O7S. The van der Waals surface area contributed by atoms with Gasteiger partial charge in [0.1, 0.15) is 0 Å². The SMILES string of the molecule is CS(=O)(=O)Nc1cccc(C2=NN(C(=O)CCC(=O)O)[C@H](c3cccc([N+](=O)[O-])c3)C2)c1. The van der Waals surface area contributed by atoms with E-state index in [-0.39, 0.29) is 24.9 Å². The number of carboxylic acids is 1. The molecule has 0 bridgehead atoms. The van der Waals surface area contributed by atoms with Crippen molar-refractivity contribution in [3.05, 3.63) is 69.8 Å². The first-order valence-electron chi connectivity index (χ1n) is 9.47. The highest BCUT2D eigenvalue weighted by Crippen LogP contribution is 2.35. The van der Waals surface area contributed by atoms with Gasteiger partial charge in [-0.1, -0.05) is 24.3 Å². The first-order chi connectivity index (χ1) is 15.0. The Labute approximate surface area is 183 Å². The molecule has 0 fully saturated rings. The molecule has 0 aliphatic carbocycles. The summed E-state index contributed by atoms with van der Waals surface area (Å²) in [6.07, 6.45) is 0.569. The van der Waals surface area contributed by atoms with Gasteiger partial charge in [0, 0.05) is 30.7 Å². The van der Waals surface area contributed by atoms with Crippen LogP contribution in [0.4, 0.5) is 11.4 Å². The van der Waals surface area contributed by atoms with Crippen LogP contribution in [0.1, 0.15) is 36.4 Å². The molecule has 12 heteroatoms. The predicted octanol–water partition coefficient (Wildman–Crippen LogP) is 2.51. The lowest BCUT2D eigenvalue weighted by Crippen LogP contribution is -2.27. The molecule has 32 heavy (non-hydrogen) atoms. The molecule has 0 radical (unpaired) electrons. The van der Waals surface area contributed by atoms with Crippen LogP contribution in [0.5, 0.6) is 0 Å². The highest BCUT2D eigenvalue weighted by molar-refractivity contribution is 7.92. The number of amides is 1. The molecule has 168 valence electrons. The van der Waals surface area contributed by atoms with Crippen LogP contribution < -0.4 is 4.72 Å². The van der Waals surface area contributed by atoms with Crippen molar-refractivity contribution in [1.82, 2.24) is 5.01 Å². The Morgan fingerprint density at radius 1 is 1.22 bits per heavy atom. The van der Waals surface area contributed by atoms with Gasteiger partial charge in [0.2, 0.25) is 15.9 Å². The van der Waals surface area contributed by atoms with E-state index in [0.29, 0.717) is 22.5 Å². The number of carbonyl (C=O) groups excluding carboxylic acids is 1. The van der Waals surface area contributed by atoms with Gasteiger partial charge >= 0.3 is 5.97 Å². The first-order valence-corrected chi connectivity index (χ1v) is 11.4. The summed E-state index contributed by atoms with van der Waals surface area (Å²) >= 11 is 0. The largest absolute Gasteiger partial charge is 0.481 e. The molecule has 0 unspecified atom stereocenters. The Balaban J connectivity index is 1.96. The van der Waals surface area contributed by atoms with E-state index in [2.05, 4.69) is 9.82 Å². The molecule has 1 amide bonds. The molecular weight excluding hydrogens is 440 g/mol. The van der Waals surface area contributed by atoms with Gasteiger partial charge in [-0.05, 0) is 23.3 Å². The standard InChI is InChI=1S/C20H20N4O7S/c1-32(30,31)22-15-6-2-4-13(10-15)17-12-18(14-5-3-7-16(11-14)24(28)29)23(21-17)19(25)8-9-20(26)27/h2-7,10-11,18,22H,8-9,12H2,1H3,(H,26,27)/t18-/m0/s1. The molecule has 1 aliphatic rings. The molecule has 0 spiro atoms. The maximum atomic E-state index is 12.7. The number of aliphatic carboxylic acids is 1. The number of carboxylic acid groups (broad SMARTS) is 1. The van der Waals surface area contributed by atoms with E-state index >= 15 is 0 Å².